The molecule has 0 atom stereocenters. The number of nitrogens with one attached hydrogen (secondary N) is 1. The molecular weight excluding hydrogens is 254 g/mol. The molecule has 20 heavy (non-hydrogen) atoms. The first-order chi connectivity index (χ1) is 9.74. The smallest absolute Gasteiger partial charge is 0.244 e. The Kier molecular flexibility index (Phi) is 5.58. The minimum absolute atomic E-state index is 0.0827. The molecule has 1 fully saturated rings. The van der Waals surface area contributed by atoms with Gasteiger partial charge in [0.05, 0.1) is 13.2 Å². The van der Waals surface area contributed by atoms with Crippen LogP contribution in [0.25, 0.3) is 6.08 Å². The number of nitrogens with zero attached hydrogens (tertiary/aromatic N) is 1. The lowest BCUT2D eigenvalue weighted by Crippen LogP contribution is -2.41. The fourth-order valence-corrected chi connectivity index (χ4v) is 2.06. The number of hydrogen-bond donors (Lipinski definition) is 2. The maximum absolute atomic E-state index is 11.7. The largest absolute Gasteiger partial charge is 0.399 e. The van der Waals surface area contributed by atoms with Crippen LogP contribution >= 0.6 is 0 Å². The highest BCUT2D eigenvalue weighted by Crippen LogP contribution is 2.07. The van der Waals surface area contributed by atoms with Gasteiger partial charge >= 0.3 is 0 Å². The fraction of sp³-hybridized carbons (Fsp3) is 0.400. The summed E-state index contributed by atoms with van der Waals surface area (Å²) in [7, 11) is 0. The molecule has 1 aliphatic rings. The second-order valence-electron chi connectivity index (χ2n) is 4.75. The summed E-state index contributed by atoms with van der Waals surface area (Å²) in [5.41, 5.74) is 7.30. The summed E-state index contributed by atoms with van der Waals surface area (Å²) in [6.07, 6.45) is 3.30. The van der Waals surface area contributed by atoms with Crippen LogP contribution in [0.3, 0.4) is 0 Å². The van der Waals surface area contributed by atoms with Gasteiger partial charge in [0.1, 0.15) is 0 Å². The van der Waals surface area contributed by atoms with Crippen molar-refractivity contribution in [2.45, 2.75) is 0 Å². The third-order valence-corrected chi connectivity index (χ3v) is 3.17. The van der Waals surface area contributed by atoms with Crippen molar-refractivity contribution < 1.29 is 9.53 Å². The van der Waals surface area contributed by atoms with Gasteiger partial charge in [-0.15, -0.1) is 0 Å². The molecule has 1 aromatic carbocycles. The van der Waals surface area contributed by atoms with Gasteiger partial charge in [0.25, 0.3) is 0 Å². The first kappa shape index (κ1) is 14.6. The van der Waals surface area contributed by atoms with Crippen LogP contribution in [-0.4, -0.2) is 50.2 Å². The second kappa shape index (κ2) is 7.67. The minimum Gasteiger partial charge on any atom is -0.399 e. The normalized spacial score (nSPS) is 16.4. The lowest BCUT2D eigenvalue weighted by molar-refractivity contribution is -0.116. The molecule has 1 saturated heterocycles. The minimum atomic E-state index is -0.0827. The molecule has 0 spiro atoms. The van der Waals surface area contributed by atoms with E-state index in [-0.39, 0.29) is 5.91 Å². The van der Waals surface area contributed by atoms with E-state index in [0.717, 1.165) is 38.4 Å². The zero-order chi connectivity index (χ0) is 14.2. The van der Waals surface area contributed by atoms with Crippen molar-refractivity contribution in [1.29, 1.82) is 0 Å². The third kappa shape index (κ3) is 5.03. The van der Waals surface area contributed by atoms with E-state index in [9.17, 15) is 4.79 Å². The molecular formula is C15H21N3O2. The zero-order valence-corrected chi connectivity index (χ0v) is 11.5. The first-order valence-electron chi connectivity index (χ1n) is 6.85. The molecule has 0 aromatic heterocycles. The maximum atomic E-state index is 11.7. The van der Waals surface area contributed by atoms with Gasteiger partial charge in [-0.25, -0.2) is 0 Å². The Balaban J connectivity index is 1.69. The van der Waals surface area contributed by atoms with Crippen molar-refractivity contribution in [2.24, 2.45) is 0 Å². The van der Waals surface area contributed by atoms with Crippen molar-refractivity contribution in [3.63, 3.8) is 0 Å². The highest BCUT2D eigenvalue weighted by molar-refractivity contribution is 5.91. The van der Waals surface area contributed by atoms with Crippen molar-refractivity contribution in [2.75, 3.05) is 45.1 Å². The number of nitrogens with two attached hydrogens (primary N) is 1. The average molecular weight is 275 g/mol. The Morgan fingerprint density at radius 3 is 2.95 bits per heavy atom. The number of ether oxygens (including phenoxy) is 1. The number of anilines is 1. The van der Waals surface area contributed by atoms with Gasteiger partial charge in [-0.2, -0.15) is 0 Å². The summed E-state index contributed by atoms with van der Waals surface area (Å²) in [5.74, 6) is -0.0827. The van der Waals surface area contributed by atoms with Gasteiger partial charge in [-0.1, -0.05) is 12.1 Å². The predicted molar refractivity (Wildman–Crippen MR) is 80.2 cm³/mol. The molecule has 1 aromatic rings. The van der Waals surface area contributed by atoms with E-state index in [1.54, 1.807) is 6.08 Å². The summed E-state index contributed by atoms with van der Waals surface area (Å²) < 4.78 is 5.27. The molecule has 3 N–H and O–H groups in total. The monoisotopic (exact) mass is 275 g/mol. The highest BCUT2D eigenvalue weighted by Gasteiger charge is 2.09. The zero-order valence-electron chi connectivity index (χ0n) is 11.5. The van der Waals surface area contributed by atoms with E-state index in [4.69, 9.17) is 10.5 Å². The van der Waals surface area contributed by atoms with E-state index in [1.165, 1.54) is 6.08 Å². The molecule has 2 rings (SSSR count). The molecule has 0 radical (unpaired) electrons. The quantitative estimate of drug-likeness (QED) is 0.614. The predicted octanol–water partition coefficient (Wildman–Crippen LogP) is 0.730. The Morgan fingerprint density at radius 1 is 1.40 bits per heavy atom. The number of benzene rings is 1. The lowest BCUT2D eigenvalue weighted by Gasteiger charge is -2.26. The fourth-order valence-electron chi connectivity index (χ4n) is 2.06. The molecule has 1 aliphatic heterocycles. The van der Waals surface area contributed by atoms with Crippen molar-refractivity contribution in [1.82, 2.24) is 10.2 Å². The molecule has 0 saturated carbocycles. The van der Waals surface area contributed by atoms with Crippen molar-refractivity contribution >= 4 is 17.7 Å². The summed E-state index contributed by atoms with van der Waals surface area (Å²) >= 11 is 0. The molecule has 5 nitrogen and oxygen atoms in total. The van der Waals surface area contributed by atoms with Crippen LogP contribution < -0.4 is 11.1 Å². The van der Waals surface area contributed by atoms with Gasteiger partial charge in [0.15, 0.2) is 0 Å². The highest BCUT2D eigenvalue weighted by atomic mass is 16.5. The summed E-state index contributed by atoms with van der Waals surface area (Å²) in [5, 5.41) is 2.88. The van der Waals surface area contributed by atoms with Crippen LogP contribution in [0.5, 0.6) is 0 Å². The van der Waals surface area contributed by atoms with Gasteiger partial charge in [0, 0.05) is 37.9 Å². The Morgan fingerprint density at radius 2 is 2.20 bits per heavy atom. The van der Waals surface area contributed by atoms with Crippen LogP contribution in [0.2, 0.25) is 0 Å². The third-order valence-electron chi connectivity index (χ3n) is 3.17. The average Bonchev–Trinajstić information content (AvgIpc) is 2.46. The van der Waals surface area contributed by atoms with E-state index < -0.39 is 0 Å². The summed E-state index contributed by atoms with van der Waals surface area (Å²) in [4.78, 5) is 14.0. The number of rotatable bonds is 5. The number of morpholine rings is 1. The van der Waals surface area contributed by atoms with E-state index in [2.05, 4.69) is 10.2 Å². The van der Waals surface area contributed by atoms with E-state index >= 15 is 0 Å². The molecule has 1 heterocycles. The second-order valence-corrected chi connectivity index (χ2v) is 4.75. The lowest BCUT2D eigenvalue weighted by atomic mass is 10.2. The van der Waals surface area contributed by atoms with Crippen LogP contribution in [0, 0.1) is 0 Å². The van der Waals surface area contributed by atoms with Crippen LogP contribution in [0.1, 0.15) is 5.56 Å². The van der Waals surface area contributed by atoms with Gasteiger partial charge in [-0.05, 0) is 23.8 Å². The van der Waals surface area contributed by atoms with Gasteiger partial charge in [0.2, 0.25) is 5.91 Å². The Hall–Kier alpha value is -1.85. The maximum Gasteiger partial charge on any atom is 0.244 e. The topological polar surface area (TPSA) is 67.6 Å². The van der Waals surface area contributed by atoms with Crippen molar-refractivity contribution in [3.8, 4) is 0 Å². The van der Waals surface area contributed by atoms with Crippen LogP contribution in [0.4, 0.5) is 5.69 Å². The molecule has 0 bridgehead atoms. The number of nitrogen functional groups attached to an aromatic ring is 1. The van der Waals surface area contributed by atoms with Gasteiger partial charge < -0.3 is 15.8 Å². The standard InChI is InChI=1S/C15H21N3O2/c16-14-3-1-2-13(12-14)4-5-15(19)17-6-7-18-8-10-20-11-9-18/h1-5,12H,6-11,16H2,(H,17,19)/b5-4+. The first-order valence-corrected chi connectivity index (χ1v) is 6.85. The number of amides is 1. The van der Waals surface area contributed by atoms with E-state index in [0.29, 0.717) is 12.2 Å². The molecule has 5 heteroatoms. The van der Waals surface area contributed by atoms with Crippen molar-refractivity contribution in [3.05, 3.63) is 35.9 Å². The van der Waals surface area contributed by atoms with Gasteiger partial charge in [-0.3, -0.25) is 9.69 Å². The van der Waals surface area contributed by atoms with E-state index in [1.807, 2.05) is 24.3 Å². The molecule has 1 amide bonds. The summed E-state index contributed by atoms with van der Waals surface area (Å²) in [6, 6.07) is 7.43. The Bertz CT molecular complexity index is 468. The van der Waals surface area contributed by atoms with Crippen LogP contribution in [0.15, 0.2) is 30.3 Å². The number of hydrogen-bond acceptors (Lipinski definition) is 4. The molecule has 108 valence electrons. The molecule has 0 unspecified atom stereocenters. The van der Waals surface area contributed by atoms with Crippen LogP contribution in [-0.2, 0) is 9.53 Å². The summed E-state index contributed by atoms with van der Waals surface area (Å²) in [6.45, 7) is 4.96. The number of carbonyl (C=O) groups is 1. The number of carbonyl (C=O) groups excluding carboxylic acids is 1. The Labute approximate surface area is 119 Å². The molecule has 0 aliphatic carbocycles. The SMILES string of the molecule is Nc1cccc(/C=C/C(=O)NCCN2CCOCC2)c1.